The lowest BCUT2D eigenvalue weighted by Gasteiger charge is -2.29. The predicted octanol–water partition coefficient (Wildman–Crippen LogP) is 2.91. The first-order chi connectivity index (χ1) is 11.8. The van der Waals surface area contributed by atoms with Crippen LogP contribution in [-0.2, 0) is 16.0 Å². The number of carbonyl (C=O) groups excluding carboxylic acids is 2. The molecule has 1 heterocycles. The summed E-state index contributed by atoms with van der Waals surface area (Å²) in [6.45, 7) is 5.87. The number of aliphatic carboxylic acids is 1. The minimum Gasteiger partial charge on any atom is -0.481 e. The first kappa shape index (κ1) is 19.2. The van der Waals surface area contributed by atoms with E-state index in [-0.39, 0.29) is 0 Å². The minimum absolute atomic E-state index is 0.359. The van der Waals surface area contributed by atoms with Gasteiger partial charge in [0.05, 0.1) is 17.4 Å². The van der Waals surface area contributed by atoms with Crippen LogP contribution in [0.2, 0.25) is 0 Å². The summed E-state index contributed by atoms with van der Waals surface area (Å²) in [4.78, 5) is 37.1. The van der Waals surface area contributed by atoms with Crippen LogP contribution in [0, 0.1) is 11.8 Å². The fraction of sp³-hybridized carbons (Fsp3) is 0.500. The molecular weight excluding hydrogens is 340 g/mol. The van der Waals surface area contributed by atoms with E-state index >= 15 is 0 Å². The number of carboxylic acids is 1. The molecule has 0 unspecified atom stereocenters. The molecule has 2 rings (SSSR count). The third-order valence-corrected chi connectivity index (χ3v) is 5.63. The van der Waals surface area contributed by atoms with E-state index in [9.17, 15) is 19.5 Å². The van der Waals surface area contributed by atoms with Crippen molar-refractivity contribution in [1.82, 2.24) is 10.9 Å². The van der Waals surface area contributed by atoms with Gasteiger partial charge in [0.1, 0.15) is 0 Å². The monoisotopic (exact) mass is 364 g/mol. The van der Waals surface area contributed by atoms with Gasteiger partial charge in [-0.25, -0.2) is 0 Å². The Morgan fingerprint density at radius 3 is 2.40 bits per heavy atom. The Hall–Kier alpha value is -2.15. The van der Waals surface area contributed by atoms with Crippen molar-refractivity contribution in [2.75, 3.05) is 0 Å². The van der Waals surface area contributed by atoms with Gasteiger partial charge in [-0.3, -0.25) is 25.2 Å². The summed E-state index contributed by atoms with van der Waals surface area (Å²) in [5, 5.41) is 11.1. The maximum atomic E-state index is 12.4. The van der Waals surface area contributed by atoms with Gasteiger partial charge in [0.2, 0.25) is 5.91 Å². The van der Waals surface area contributed by atoms with Crippen molar-refractivity contribution in [1.29, 1.82) is 0 Å². The number of amides is 2. The molecule has 0 saturated carbocycles. The Bertz CT molecular complexity index is 708. The predicted molar refractivity (Wildman–Crippen MR) is 96.1 cm³/mol. The number of carbonyl (C=O) groups is 3. The molecule has 0 aliphatic heterocycles. The molecule has 0 bridgehead atoms. The van der Waals surface area contributed by atoms with E-state index in [0.29, 0.717) is 18.4 Å². The molecule has 1 aromatic heterocycles. The number of hydrogen-bond acceptors (Lipinski definition) is 4. The van der Waals surface area contributed by atoms with Crippen molar-refractivity contribution in [2.24, 2.45) is 11.8 Å². The quantitative estimate of drug-likeness (QED) is 0.553. The Labute approximate surface area is 151 Å². The Morgan fingerprint density at radius 2 is 1.80 bits per heavy atom. The number of carboxylic acid groups (broad SMARTS) is 1. The minimum atomic E-state index is -0.986. The fourth-order valence-electron chi connectivity index (χ4n) is 2.99. The van der Waals surface area contributed by atoms with E-state index in [4.69, 9.17) is 0 Å². The number of thiophene rings is 1. The SMILES string of the molecule is CCCc1cc(C(=O)NNC(=O)[C@H]2CC(C)=C(C)C[C@H]2C(=O)O)cs1. The van der Waals surface area contributed by atoms with E-state index in [1.54, 1.807) is 5.38 Å². The second-order valence-corrected chi connectivity index (χ2v) is 7.51. The average Bonchev–Trinajstić information content (AvgIpc) is 3.03. The van der Waals surface area contributed by atoms with Crippen molar-refractivity contribution >= 4 is 29.1 Å². The van der Waals surface area contributed by atoms with Crippen LogP contribution in [0.5, 0.6) is 0 Å². The lowest BCUT2D eigenvalue weighted by Crippen LogP contribution is -2.48. The maximum Gasteiger partial charge on any atom is 0.307 e. The Kier molecular flexibility index (Phi) is 6.36. The number of hydrazine groups is 1. The molecule has 6 nitrogen and oxygen atoms in total. The molecule has 0 radical (unpaired) electrons. The van der Waals surface area contributed by atoms with E-state index in [1.165, 1.54) is 11.3 Å². The fourth-order valence-corrected chi connectivity index (χ4v) is 3.96. The molecule has 1 aliphatic rings. The van der Waals surface area contributed by atoms with Crippen LogP contribution in [0.15, 0.2) is 22.6 Å². The van der Waals surface area contributed by atoms with Crippen molar-refractivity contribution in [3.05, 3.63) is 33.0 Å². The molecule has 3 N–H and O–H groups in total. The van der Waals surface area contributed by atoms with Crippen LogP contribution in [0.3, 0.4) is 0 Å². The first-order valence-electron chi connectivity index (χ1n) is 8.39. The van der Waals surface area contributed by atoms with Gasteiger partial charge in [-0.2, -0.15) is 0 Å². The lowest BCUT2D eigenvalue weighted by molar-refractivity contribution is -0.147. The molecule has 0 fully saturated rings. The van der Waals surface area contributed by atoms with Gasteiger partial charge in [-0.15, -0.1) is 11.3 Å². The molecular formula is C18H24N2O4S. The van der Waals surface area contributed by atoms with E-state index < -0.39 is 29.6 Å². The molecule has 7 heteroatoms. The highest BCUT2D eigenvalue weighted by atomic mass is 32.1. The third kappa shape index (κ3) is 4.69. The van der Waals surface area contributed by atoms with E-state index in [2.05, 4.69) is 17.8 Å². The Balaban J connectivity index is 1.98. The van der Waals surface area contributed by atoms with Crippen molar-refractivity contribution < 1.29 is 19.5 Å². The van der Waals surface area contributed by atoms with Crippen LogP contribution in [0.1, 0.15) is 55.3 Å². The summed E-state index contributed by atoms with van der Waals surface area (Å²) in [6.07, 6.45) is 2.67. The van der Waals surface area contributed by atoms with Gasteiger partial charge in [0.25, 0.3) is 5.91 Å². The van der Waals surface area contributed by atoms with Crippen LogP contribution in [-0.4, -0.2) is 22.9 Å². The van der Waals surface area contributed by atoms with Gasteiger partial charge < -0.3 is 5.11 Å². The molecule has 1 aliphatic carbocycles. The molecule has 0 saturated heterocycles. The second kappa shape index (κ2) is 8.29. The molecule has 1 aromatic rings. The van der Waals surface area contributed by atoms with Crippen molar-refractivity contribution in [3.8, 4) is 0 Å². The zero-order valence-electron chi connectivity index (χ0n) is 14.7. The van der Waals surface area contributed by atoms with Gasteiger partial charge in [0.15, 0.2) is 0 Å². The zero-order chi connectivity index (χ0) is 18.6. The molecule has 25 heavy (non-hydrogen) atoms. The van der Waals surface area contributed by atoms with Crippen LogP contribution >= 0.6 is 11.3 Å². The highest BCUT2D eigenvalue weighted by Gasteiger charge is 2.37. The number of nitrogens with one attached hydrogen (secondary N) is 2. The number of allylic oxidation sites excluding steroid dienone is 2. The third-order valence-electron chi connectivity index (χ3n) is 4.63. The van der Waals surface area contributed by atoms with Crippen molar-refractivity contribution in [2.45, 2.75) is 46.5 Å². The molecule has 136 valence electrons. The summed E-state index contributed by atoms with van der Waals surface area (Å²) >= 11 is 1.51. The highest BCUT2D eigenvalue weighted by Crippen LogP contribution is 2.34. The number of rotatable bonds is 5. The van der Waals surface area contributed by atoms with Crippen LogP contribution in [0.4, 0.5) is 0 Å². The number of aryl methyl sites for hydroxylation is 1. The summed E-state index contributed by atoms with van der Waals surface area (Å²) in [7, 11) is 0. The maximum absolute atomic E-state index is 12.4. The highest BCUT2D eigenvalue weighted by molar-refractivity contribution is 7.10. The first-order valence-corrected chi connectivity index (χ1v) is 9.27. The van der Waals surface area contributed by atoms with E-state index in [0.717, 1.165) is 28.9 Å². The molecule has 2 amide bonds. The molecule has 0 aromatic carbocycles. The normalized spacial score (nSPS) is 20.3. The lowest BCUT2D eigenvalue weighted by atomic mass is 9.76. The smallest absolute Gasteiger partial charge is 0.307 e. The summed E-state index contributed by atoms with van der Waals surface area (Å²) < 4.78 is 0. The topological polar surface area (TPSA) is 95.5 Å². The van der Waals surface area contributed by atoms with Gasteiger partial charge in [-0.05, 0) is 39.2 Å². The van der Waals surface area contributed by atoms with Gasteiger partial charge in [0, 0.05) is 10.3 Å². The molecule has 0 spiro atoms. The number of hydrogen-bond donors (Lipinski definition) is 3. The summed E-state index contributed by atoms with van der Waals surface area (Å²) in [5.74, 6) is -3.28. The van der Waals surface area contributed by atoms with Crippen molar-refractivity contribution in [3.63, 3.8) is 0 Å². The average molecular weight is 364 g/mol. The summed E-state index contributed by atoms with van der Waals surface area (Å²) in [5.41, 5.74) is 7.34. The van der Waals surface area contributed by atoms with E-state index in [1.807, 2.05) is 19.9 Å². The zero-order valence-corrected chi connectivity index (χ0v) is 15.5. The van der Waals surface area contributed by atoms with Gasteiger partial charge in [-0.1, -0.05) is 24.5 Å². The summed E-state index contributed by atoms with van der Waals surface area (Å²) in [6, 6.07) is 1.81. The van der Waals surface area contributed by atoms with Crippen LogP contribution < -0.4 is 10.9 Å². The molecule has 2 atom stereocenters. The van der Waals surface area contributed by atoms with Crippen LogP contribution in [0.25, 0.3) is 0 Å². The Morgan fingerprint density at radius 1 is 1.16 bits per heavy atom. The largest absolute Gasteiger partial charge is 0.481 e. The van der Waals surface area contributed by atoms with Gasteiger partial charge >= 0.3 is 5.97 Å². The second-order valence-electron chi connectivity index (χ2n) is 6.52. The standard InChI is InChI=1S/C18H24N2O4S/c1-4-5-13-8-12(9-25-13)16(21)19-20-17(22)14-6-10(2)11(3)7-15(14)18(23)24/h8-9,14-15H,4-7H2,1-3H3,(H,19,21)(H,20,22)(H,23,24)/t14-,15+/m0/s1.